The van der Waals surface area contributed by atoms with Gasteiger partial charge in [-0.15, -0.1) is 11.3 Å². The lowest BCUT2D eigenvalue weighted by molar-refractivity contribution is 0.0751. The zero-order chi connectivity index (χ0) is 18.4. The predicted molar refractivity (Wildman–Crippen MR) is 109 cm³/mol. The molecule has 1 aliphatic heterocycles. The van der Waals surface area contributed by atoms with Crippen LogP contribution < -0.4 is 9.64 Å². The second-order valence-corrected chi connectivity index (χ2v) is 8.43. The highest BCUT2D eigenvalue weighted by Crippen LogP contribution is 2.38. The van der Waals surface area contributed by atoms with E-state index in [4.69, 9.17) is 4.74 Å². The van der Waals surface area contributed by atoms with E-state index in [2.05, 4.69) is 40.1 Å². The van der Waals surface area contributed by atoms with Crippen LogP contribution in [0, 0.1) is 0 Å². The van der Waals surface area contributed by atoms with Gasteiger partial charge in [0.05, 0.1) is 16.7 Å². The molecule has 2 aromatic heterocycles. The molecule has 5 nitrogen and oxygen atoms in total. The number of benzene rings is 1. The fraction of sp³-hybridized carbons (Fsp3) is 0.381. The van der Waals surface area contributed by atoms with Crippen molar-refractivity contribution in [1.82, 2.24) is 9.47 Å². The summed E-state index contributed by atoms with van der Waals surface area (Å²) in [7, 11) is 1.69. The quantitative estimate of drug-likeness (QED) is 0.685. The van der Waals surface area contributed by atoms with Crippen LogP contribution in [0.25, 0.3) is 10.1 Å². The van der Waals surface area contributed by atoms with Gasteiger partial charge >= 0.3 is 0 Å². The Balaban J connectivity index is 1.26. The van der Waals surface area contributed by atoms with Gasteiger partial charge in [-0.25, -0.2) is 0 Å². The first kappa shape index (κ1) is 16.7. The Hall–Kier alpha value is -2.47. The number of hydrogen-bond acceptors (Lipinski definition) is 4. The standard InChI is InChI=1S/C21H23N3O2S/c1-26-18-4-2-3-17(12-18)22-7-9-23(10-8-22)21(25)19-11-15-13-24(16-5-6-16)14-20(15)27-19/h2-4,11-14,16H,5-10H2,1H3. The number of thiophene rings is 1. The number of ether oxygens (including phenoxy) is 1. The van der Waals surface area contributed by atoms with E-state index in [1.807, 2.05) is 17.0 Å². The molecule has 3 aromatic rings. The molecule has 6 heteroatoms. The van der Waals surface area contributed by atoms with Gasteiger partial charge in [-0.3, -0.25) is 4.79 Å². The van der Waals surface area contributed by atoms with Gasteiger partial charge < -0.3 is 19.1 Å². The first-order valence-corrected chi connectivity index (χ1v) is 10.3. The molecule has 0 N–H and O–H groups in total. The number of piperazine rings is 1. The summed E-state index contributed by atoms with van der Waals surface area (Å²) in [5.41, 5.74) is 1.15. The SMILES string of the molecule is COc1cccc(N2CCN(C(=O)c3cc4cn(C5CC5)cc4s3)CC2)c1. The number of amides is 1. The third kappa shape index (κ3) is 3.18. The minimum Gasteiger partial charge on any atom is -0.497 e. The first-order valence-electron chi connectivity index (χ1n) is 9.50. The van der Waals surface area contributed by atoms with Crippen molar-refractivity contribution in [2.24, 2.45) is 0 Å². The third-order valence-electron chi connectivity index (χ3n) is 5.51. The van der Waals surface area contributed by atoms with Gasteiger partial charge in [0, 0.05) is 61.8 Å². The Morgan fingerprint density at radius 2 is 1.93 bits per heavy atom. The molecule has 1 aromatic carbocycles. The molecule has 0 radical (unpaired) electrons. The molecule has 0 unspecified atom stereocenters. The second kappa shape index (κ2) is 6.60. The highest BCUT2D eigenvalue weighted by molar-refractivity contribution is 7.20. The van der Waals surface area contributed by atoms with Crippen molar-refractivity contribution in [3.63, 3.8) is 0 Å². The molecular formula is C21H23N3O2S. The highest BCUT2D eigenvalue weighted by atomic mass is 32.1. The monoisotopic (exact) mass is 381 g/mol. The lowest BCUT2D eigenvalue weighted by Gasteiger charge is -2.36. The summed E-state index contributed by atoms with van der Waals surface area (Å²) in [5, 5.41) is 1.20. The van der Waals surface area contributed by atoms with Crippen LogP contribution in [-0.4, -0.2) is 48.7 Å². The molecule has 5 rings (SSSR count). The number of carbonyl (C=O) groups is 1. The summed E-state index contributed by atoms with van der Waals surface area (Å²) in [5.74, 6) is 1.03. The molecule has 0 atom stereocenters. The van der Waals surface area contributed by atoms with E-state index < -0.39 is 0 Å². The molecule has 1 saturated heterocycles. The van der Waals surface area contributed by atoms with Gasteiger partial charge in [-0.1, -0.05) is 6.07 Å². The van der Waals surface area contributed by atoms with Gasteiger partial charge in [-0.2, -0.15) is 0 Å². The summed E-state index contributed by atoms with van der Waals surface area (Å²) in [6.45, 7) is 3.19. The van der Waals surface area contributed by atoms with E-state index in [1.165, 1.54) is 22.9 Å². The van der Waals surface area contributed by atoms with E-state index in [0.29, 0.717) is 6.04 Å². The summed E-state index contributed by atoms with van der Waals surface area (Å²) in [6, 6.07) is 10.9. The summed E-state index contributed by atoms with van der Waals surface area (Å²) in [4.78, 5) is 18.1. The molecule has 0 bridgehead atoms. The Bertz CT molecular complexity index is 949. The Kier molecular flexibility index (Phi) is 4.08. The van der Waals surface area contributed by atoms with Gasteiger partial charge in [0.25, 0.3) is 5.91 Å². The van der Waals surface area contributed by atoms with Crippen molar-refractivity contribution in [3.8, 4) is 5.75 Å². The number of rotatable bonds is 4. The van der Waals surface area contributed by atoms with Crippen LogP contribution in [0.2, 0.25) is 0 Å². The van der Waals surface area contributed by atoms with Crippen LogP contribution in [0.5, 0.6) is 5.75 Å². The van der Waals surface area contributed by atoms with Gasteiger partial charge in [0.15, 0.2) is 0 Å². The minimum atomic E-state index is 0.166. The largest absolute Gasteiger partial charge is 0.497 e. The second-order valence-electron chi connectivity index (χ2n) is 7.35. The average Bonchev–Trinajstić information content (AvgIpc) is 3.37. The molecule has 1 aliphatic carbocycles. The van der Waals surface area contributed by atoms with Gasteiger partial charge in [0.2, 0.25) is 0 Å². The molecule has 140 valence electrons. The van der Waals surface area contributed by atoms with Crippen molar-refractivity contribution in [2.45, 2.75) is 18.9 Å². The molecular weight excluding hydrogens is 358 g/mol. The molecule has 27 heavy (non-hydrogen) atoms. The summed E-state index contributed by atoms with van der Waals surface area (Å²) >= 11 is 1.62. The molecule has 2 aliphatic rings. The van der Waals surface area contributed by atoms with Crippen molar-refractivity contribution < 1.29 is 9.53 Å². The number of anilines is 1. The lowest BCUT2D eigenvalue weighted by Crippen LogP contribution is -2.48. The highest BCUT2D eigenvalue weighted by Gasteiger charge is 2.26. The molecule has 3 heterocycles. The predicted octanol–water partition coefficient (Wildman–Crippen LogP) is 4.01. The number of nitrogens with zero attached hydrogens (tertiary/aromatic N) is 3. The maximum atomic E-state index is 12.9. The maximum Gasteiger partial charge on any atom is 0.264 e. The Morgan fingerprint density at radius 1 is 1.11 bits per heavy atom. The molecule has 0 spiro atoms. The summed E-state index contributed by atoms with van der Waals surface area (Å²) < 4.78 is 8.85. The van der Waals surface area contributed by atoms with Crippen molar-refractivity contribution in [1.29, 1.82) is 0 Å². The van der Waals surface area contributed by atoms with Crippen molar-refractivity contribution >= 4 is 33.0 Å². The van der Waals surface area contributed by atoms with Crippen LogP contribution in [0.4, 0.5) is 5.69 Å². The van der Waals surface area contributed by atoms with E-state index in [-0.39, 0.29) is 5.91 Å². The van der Waals surface area contributed by atoms with E-state index >= 15 is 0 Å². The molecule has 1 saturated carbocycles. The fourth-order valence-corrected chi connectivity index (χ4v) is 4.82. The zero-order valence-electron chi connectivity index (χ0n) is 15.4. The summed E-state index contributed by atoms with van der Waals surface area (Å²) in [6.07, 6.45) is 6.97. The van der Waals surface area contributed by atoms with Crippen LogP contribution in [0.3, 0.4) is 0 Å². The van der Waals surface area contributed by atoms with Crippen LogP contribution >= 0.6 is 11.3 Å². The normalized spacial score (nSPS) is 17.5. The lowest BCUT2D eigenvalue weighted by atomic mass is 10.2. The van der Waals surface area contributed by atoms with E-state index in [9.17, 15) is 4.79 Å². The average molecular weight is 382 g/mol. The number of aromatic nitrogens is 1. The van der Waals surface area contributed by atoms with E-state index in [0.717, 1.165) is 42.5 Å². The van der Waals surface area contributed by atoms with Crippen LogP contribution in [0.15, 0.2) is 42.7 Å². The topological polar surface area (TPSA) is 37.7 Å². The van der Waals surface area contributed by atoms with E-state index in [1.54, 1.807) is 18.4 Å². The number of methoxy groups -OCH3 is 1. The minimum absolute atomic E-state index is 0.166. The maximum absolute atomic E-state index is 12.9. The molecule has 1 amide bonds. The van der Waals surface area contributed by atoms with Crippen LogP contribution in [-0.2, 0) is 0 Å². The van der Waals surface area contributed by atoms with Gasteiger partial charge in [-0.05, 0) is 31.0 Å². The third-order valence-corrected chi connectivity index (χ3v) is 6.58. The fourth-order valence-electron chi connectivity index (χ4n) is 3.77. The number of fused-ring (bicyclic) bond motifs is 1. The van der Waals surface area contributed by atoms with Gasteiger partial charge in [0.1, 0.15) is 5.75 Å². The van der Waals surface area contributed by atoms with Crippen LogP contribution in [0.1, 0.15) is 28.6 Å². The number of carbonyl (C=O) groups excluding carboxylic acids is 1. The molecule has 2 fully saturated rings. The first-order chi connectivity index (χ1) is 13.2. The number of hydrogen-bond donors (Lipinski definition) is 0. The van der Waals surface area contributed by atoms with Crippen molar-refractivity contribution in [3.05, 3.63) is 47.6 Å². The zero-order valence-corrected chi connectivity index (χ0v) is 16.2. The van der Waals surface area contributed by atoms with Crippen molar-refractivity contribution in [2.75, 3.05) is 38.2 Å². The smallest absolute Gasteiger partial charge is 0.264 e. The Morgan fingerprint density at radius 3 is 2.63 bits per heavy atom. The Labute approximate surface area is 162 Å².